The van der Waals surface area contributed by atoms with Crippen LogP contribution in [0, 0.1) is 5.92 Å². The number of benzene rings is 2. The minimum absolute atomic E-state index is 0.135. The van der Waals surface area contributed by atoms with E-state index in [1.54, 1.807) is 12.1 Å². The Hall–Kier alpha value is -2.36. The lowest BCUT2D eigenvalue weighted by molar-refractivity contribution is -0.119. The second-order valence-electron chi connectivity index (χ2n) is 7.57. The summed E-state index contributed by atoms with van der Waals surface area (Å²) in [4.78, 5) is 14.4. The van der Waals surface area contributed by atoms with Crippen molar-refractivity contribution in [3.05, 3.63) is 47.5 Å². The van der Waals surface area contributed by atoms with Gasteiger partial charge in [-0.15, -0.1) is 0 Å². The predicted molar refractivity (Wildman–Crippen MR) is 113 cm³/mol. The number of carbonyl (C=O) groups is 1. The molecule has 29 heavy (non-hydrogen) atoms. The van der Waals surface area contributed by atoms with Crippen molar-refractivity contribution < 1.29 is 13.2 Å². The van der Waals surface area contributed by atoms with Gasteiger partial charge in [0, 0.05) is 25.2 Å². The summed E-state index contributed by atoms with van der Waals surface area (Å²) in [6.07, 6.45) is 1.31. The van der Waals surface area contributed by atoms with E-state index in [0.29, 0.717) is 29.9 Å². The van der Waals surface area contributed by atoms with Gasteiger partial charge >= 0.3 is 0 Å². The van der Waals surface area contributed by atoms with Crippen LogP contribution in [0.3, 0.4) is 0 Å². The summed E-state index contributed by atoms with van der Waals surface area (Å²) in [5.41, 5.74) is 3.82. The number of fused-ring (bicyclic) bond motifs is 2. The van der Waals surface area contributed by atoms with Gasteiger partial charge in [0.15, 0.2) is 0 Å². The molecule has 0 radical (unpaired) electrons. The predicted octanol–water partition coefficient (Wildman–Crippen LogP) is 3.11. The molecule has 0 bridgehead atoms. The maximum atomic E-state index is 12.8. The molecule has 9 heteroatoms. The Bertz CT molecular complexity index is 1170. The van der Waals surface area contributed by atoms with Crippen molar-refractivity contribution in [1.29, 1.82) is 0 Å². The molecule has 0 spiro atoms. The van der Waals surface area contributed by atoms with Crippen molar-refractivity contribution in [2.45, 2.75) is 38.1 Å². The standard InChI is InChI=1S/C20H22N4O3S2/c1-13(2)10-19(25)24-9-8-15-11-14(6-7-17(15)24)12-21-29(26,27)18-5-3-4-16-20(18)23-28-22-16/h3-7,11,13,21H,8-10,12H2,1-2H3. The van der Waals surface area contributed by atoms with E-state index in [1.165, 1.54) is 6.07 Å². The fourth-order valence-corrected chi connectivity index (χ4v) is 5.32. The van der Waals surface area contributed by atoms with Gasteiger partial charge in [-0.1, -0.05) is 32.0 Å². The van der Waals surface area contributed by atoms with Crippen LogP contribution >= 0.6 is 11.7 Å². The lowest BCUT2D eigenvalue weighted by Crippen LogP contribution is -2.29. The first-order valence-electron chi connectivity index (χ1n) is 9.48. The van der Waals surface area contributed by atoms with E-state index < -0.39 is 10.0 Å². The van der Waals surface area contributed by atoms with Gasteiger partial charge in [0.2, 0.25) is 15.9 Å². The molecular weight excluding hydrogens is 408 g/mol. The molecule has 0 unspecified atom stereocenters. The van der Waals surface area contributed by atoms with Gasteiger partial charge in [-0.05, 0) is 41.7 Å². The molecule has 7 nitrogen and oxygen atoms in total. The molecule has 2 aromatic carbocycles. The smallest absolute Gasteiger partial charge is 0.243 e. The van der Waals surface area contributed by atoms with Crippen LogP contribution < -0.4 is 9.62 Å². The third-order valence-corrected chi connectivity index (χ3v) is 6.90. The van der Waals surface area contributed by atoms with Crippen LogP contribution in [0.1, 0.15) is 31.4 Å². The molecular formula is C20H22N4O3S2. The van der Waals surface area contributed by atoms with Crippen LogP contribution in [-0.4, -0.2) is 29.6 Å². The van der Waals surface area contributed by atoms with Crippen molar-refractivity contribution in [2.75, 3.05) is 11.4 Å². The zero-order chi connectivity index (χ0) is 20.6. The van der Waals surface area contributed by atoms with Crippen molar-refractivity contribution >= 4 is 44.4 Å². The molecule has 1 amide bonds. The number of sulfonamides is 1. The summed E-state index contributed by atoms with van der Waals surface area (Å²) >= 11 is 0.993. The average Bonchev–Trinajstić information content (AvgIpc) is 3.32. The molecule has 0 fully saturated rings. The Morgan fingerprint density at radius 2 is 2.07 bits per heavy atom. The highest BCUT2D eigenvalue weighted by Crippen LogP contribution is 2.30. The molecule has 4 rings (SSSR count). The van der Waals surface area contributed by atoms with E-state index in [0.717, 1.165) is 35.0 Å². The quantitative estimate of drug-likeness (QED) is 0.649. The largest absolute Gasteiger partial charge is 0.312 e. The first-order chi connectivity index (χ1) is 13.8. The number of amides is 1. The van der Waals surface area contributed by atoms with Gasteiger partial charge in [-0.25, -0.2) is 13.1 Å². The molecule has 0 saturated carbocycles. The number of hydrogen-bond acceptors (Lipinski definition) is 6. The lowest BCUT2D eigenvalue weighted by atomic mass is 10.1. The average molecular weight is 431 g/mol. The second-order valence-corrected chi connectivity index (χ2v) is 9.83. The van der Waals surface area contributed by atoms with Crippen LogP contribution in [0.5, 0.6) is 0 Å². The molecule has 1 aliphatic rings. The minimum Gasteiger partial charge on any atom is -0.312 e. The van der Waals surface area contributed by atoms with E-state index in [1.807, 2.05) is 36.9 Å². The Morgan fingerprint density at radius 1 is 1.24 bits per heavy atom. The summed E-state index contributed by atoms with van der Waals surface area (Å²) in [5, 5.41) is 0. The van der Waals surface area contributed by atoms with E-state index in [2.05, 4.69) is 13.5 Å². The number of nitrogens with one attached hydrogen (secondary N) is 1. The van der Waals surface area contributed by atoms with Gasteiger partial charge < -0.3 is 4.90 Å². The highest BCUT2D eigenvalue weighted by atomic mass is 32.2. The summed E-state index contributed by atoms with van der Waals surface area (Å²) in [6.45, 7) is 4.91. The molecule has 1 aromatic heterocycles. The zero-order valence-electron chi connectivity index (χ0n) is 16.3. The Labute approximate surface area is 174 Å². The van der Waals surface area contributed by atoms with E-state index in [-0.39, 0.29) is 17.3 Å². The first kappa shape index (κ1) is 19.9. The van der Waals surface area contributed by atoms with Crippen molar-refractivity contribution in [3.63, 3.8) is 0 Å². The molecule has 0 saturated heterocycles. The fourth-order valence-electron chi connectivity index (χ4n) is 3.54. The highest BCUT2D eigenvalue weighted by molar-refractivity contribution is 7.89. The SMILES string of the molecule is CC(C)CC(=O)N1CCc2cc(CNS(=O)(=O)c3cccc4nsnc34)ccc21. The summed E-state index contributed by atoms with van der Waals surface area (Å²) in [7, 11) is -3.72. The lowest BCUT2D eigenvalue weighted by Gasteiger charge is -2.18. The molecule has 3 aromatic rings. The second kappa shape index (κ2) is 7.81. The first-order valence-corrected chi connectivity index (χ1v) is 11.7. The third-order valence-electron chi connectivity index (χ3n) is 4.93. The number of hydrogen-bond donors (Lipinski definition) is 1. The third kappa shape index (κ3) is 4.03. The zero-order valence-corrected chi connectivity index (χ0v) is 17.9. The molecule has 152 valence electrons. The van der Waals surface area contributed by atoms with Crippen LogP contribution in [0.25, 0.3) is 11.0 Å². The molecule has 0 aliphatic carbocycles. The maximum Gasteiger partial charge on any atom is 0.243 e. The minimum atomic E-state index is -3.72. The Balaban J connectivity index is 1.50. The fraction of sp³-hybridized carbons (Fsp3) is 0.350. The van der Waals surface area contributed by atoms with E-state index in [4.69, 9.17) is 0 Å². The monoisotopic (exact) mass is 430 g/mol. The molecule has 1 N–H and O–H groups in total. The topological polar surface area (TPSA) is 92.3 Å². The van der Waals surface area contributed by atoms with Crippen LogP contribution in [0.15, 0.2) is 41.3 Å². The highest BCUT2D eigenvalue weighted by Gasteiger charge is 2.25. The summed E-state index contributed by atoms with van der Waals surface area (Å²) in [5.74, 6) is 0.453. The Kier molecular flexibility index (Phi) is 5.37. The van der Waals surface area contributed by atoms with Crippen molar-refractivity contribution in [2.24, 2.45) is 5.92 Å². The maximum absolute atomic E-state index is 12.8. The normalized spacial score (nSPS) is 14.0. The number of anilines is 1. The molecule has 2 heterocycles. The van der Waals surface area contributed by atoms with Crippen LogP contribution in [0.2, 0.25) is 0 Å². The number of aromatic nitrogens is 2. The Morgan fingerprint density at radius 3 is 2.86 bits per heavy atom. The summed E-state index contributed by atoms with van der Waals surface area (Å²) in [6, 6.07) is 10.7. The van der Waals surface area contributed by atoms with E-state index in [9.17, 15) is 13.2 Å². The van der Waals surface area contributed by atoms with Gasteiger partial charge in [-0.2, -0.15) is 8.75 Å². The van der Waals surface area contributed by atoms with Gasteiger partial charge in [0.25, 0.3) is 0 Å². The van der Waals surface area contributed by atoms with Gasteiger partial charge in [0.05, 0.1) is 11.7 Å². The van der Waals surface area contributed by atoms with Crippen molar-refractivity contribution in [1.82, 2.24) is 13.5 Å². The molecule has 0 atom stereocenters. The summed E-state index contributed by atoms with van der Waals surface area (Å²) < 4.78 is 36.4. The van der Waals surface area contributed by atoms with Gasteiger partial charge in [0.1, 0.15) is 15.9 Å². The number of rotatable bonds is 6. The number of nitrogens with zero attached hydrogens (tertiary/aromatic N) is 3. The van der Waals surface area contributed by atoms with Crippen LogP contribution in [-0.2, 0) is 27.8 Å². The number of carbonyl (C=O) groups excluding carboxylic acids is 1. The van der Waals surface area contributed by atoms with Gasteiger partial charge in [-0.3, -0.25) is 4.79 Å². The van der Waals surface area contributed by atoms with Crippen LogP contribution in [0.4, 0.5) is 5.69 Å². The van der Waals surface area contributed by atoms with Crippen molar-refractivity contribution in [3.8, 4) is 0 Å². The molecule has 1 aliphatic heterocycles. The van der Waals surface area contributed by atoms with E-state index >= 15 is 0 Å².